The van der Waals surface area contributed by atoms with Gasteiger partial charge in [0.15, 0.2) is 0 Å². The number of carbonyl (C=O) groups excluding carboxylic acids is 2. The first kappa shape index (κ1) is 19.4. The van der Waals surface area contributed by atoms with Crippen LogP contribution in [-0.2, 0) is 22.2 Å². The van der Waals surface area contributed by atoms with Crippen LogP contribution in [0.5, 0.6) is 0 Å². The predicted octanol–water partition coefficient (Wildman–Crippen LogP) is 3.27. The molecule has 1 radical (unpaired) electrons. The van der Waals surface area contributed by atoms with Crippen molar-refractivity contribution in [3.63, 3.8) is 0 Å². The second-order valence-electron chi connectivity index (χ2n) is 6.09. The Balaban J connectivity index is 1.91. The number of benzene rings is 1. The number of carbonyl (C=O) groups is 2. The first-order valence-electron chi connectivity index (χ1n) is 8.33. The fraction of sp³-hybridized carbons (Fsp3) is 0.500. The Morgan fingerprint density at radius 3 is 2.68 bits per heavy atom. The Labute approximate surface area is 145 Å². The smallest absolute Gasteiger partial charge is 0.299 e. The van der Waals surface area contributed by atoms with Gasteiger partial charge < -0.3 is 0 Å². The van der Waals surface area contributed by atoms with E-state index in [-0.39, 0.29) is 24.5 Å². The van der Waals surface area contributed by atoms with Crippen LogP contribution in [0.25, 0.3) is 0 Å². The van der Waals surface area contributed by atoms with Gasteiger partial charge in [0.25, 0.3) is 0 Å². The second kappa shape index (κ2) is 8.47. The molecule has 0 N–H and O–H groups in total. The third-order valence-corrected chi connectivity index (χ3v) is 4.11. The van der Waals surface area contributed by atoms with E-state index in [0.29, 0.717) is 38.0 Å². The van der Waals surface area contributed by atoms with E-state index >= 15 is 0 Å². The average Bonchev–Trinajstić information content (AvgIpc) is 2.55. The molecule has 4 nitrogen and oxygen atoms in total. The molecule has 0 aliphatic carbocycles. The van der Waals surface area contributed by atoms with Gasteiger partial charge in [0.05, 0.1) is 5.56 Å². The van der Waals surface area contributed by atoms with Gasteiger partial charge in [-0.1, -0.05) is 25.1 Å². The summed E-state index contributed by atoms with van der Waals surface area (Å²) >= 11 is 0. The largest absolute Gasteiger partial charge is 0.416 e. The highest BCUT2D eigenvalue weighted by Gasteiger charge is 2.30. The molecule has 137 valence electrons. The molecule has 0 spiro atoms. The quantitative estimate of drug-likeness (QED) is 0.754. The summed E-state index contributed by atoms with van der Waals surface area (Å²) in [6, 6.07) is 4.83. The molecule has 0 unspecified atom stereocenters. The molecule has 1 saturated heterocycles. The lowest BCUT2D eigenvalue weighted by molar-refractivity contribution is -0.156. The number of nitrogens with zero attached hydrogens (tertiary/aromatic N) is 2. The van der Waals surface area contributed by atoms with Gasteiger partial charge in [0, 0.05) is 38.9 Å². The van der Waals surface area contributed by atoms with Crippen molar-refractivity contribution < 1.29 is 22.8 Å². The van der Waals surface area contributed by atoms with Crippen molar-refractivity contribution in [3.8, 4) is 0 Å². The van der Waals surface area contributed by atoms with Crippen molar-refractivity contribution >= 4 is 11.7 Å². The molecule has 0 bridgehead atoms. The maximum atomic E-state index is 12.7. The topological polar surface area (TPSA) is 40.6 Å². The number of hydrogen-bond acceptors (Lipinski definition) is 3. The minimum atomic E-state index is -4.41. The Hall–Kier alpha value is -1.89. The summed E-state index contributed by atoms with van der Waals surface area (Å²) < 4.78 is 38.1. The Bertz CT molecular complexity index is 617. The molecule has 1 aliphatic rings. The van der Waals surface area contributed by atoms with E-state index in [1.165, 1.54) is 12.1 Å². The summed E-state index contributed by atoms with van der Waals surface area (Å²) in [6.07, 6.45) is -2.44. The molecule has 1 fully saturated rings. The fourth-order valence-electron chi connectivity index (χ4n) is 2.90. The Kier molecular flexibility index (Phi) is 6.58. The first-order chi connectivity index (χ1) is 11.8. The van der Waals surface area contributed by atoms with Gasteiger partial charge in [-0.25, -0.2) is 5.01 Å². The number of alkyl halides is 3. The van der Waals surface area contributed by atoms with Gasteiger partial charge in [-0.2, -0.15) is 13.2 Å². The van der Waals surface area contributed by atoms with Crippen LogP contribution in [0.3, 0.4) is 0 Å². The maximum Gasteiger partial charge on any atom is 0.416 e. The molecule has 1 heterocycles. The number of hydrazine groups is 1. The zero-order chi connectivity index (χ0) is 18.4. The highest BCUT2D eigenvalue weighted by Crippen LogP contribution is 2.29. The SMILES string of the molecule is [CH2]CCN1C(=O)CCCN1CCC(=O)Cc1cccc(C(F)(F)F)c1. The van der Waals surface area contributed by atoms with E-state index in [1.54, 1.807) is 5.01 Å². The van der Waals surface area contributed by atoms with Crippen molar-refractivity contribution in [1.29, 1.82) is 0 Å². The number of amides is 1. The summed E-state index contributed by atoms with van der Waals surface area (Å²) in [5, 5.41) is 3.48. The molecule has 0 aromatic heterocycles. The normalized spacial score (nSPS) is 16.3. The molecular formula is C18H22F3N2O2. The number of rotatable bonds is 7. The van der Waals surface area contributed by atoms with Gasteiger partial charge in [0.1, 0.15) is 5.78 Å². The van der Waals surface area contributed by atoms with Crippen molar-refractivity contribution in [2.45, 2.75) is 38.3 Å². The molecule has 1 aromatic carbocycles. The first-order valence-corrected chi connectivity index (χ1v) is 8.33. The molecule has 1 aliphatic heterocycles. The minimum Gasteiger partial charge on any atom is -0.299 e. The van der Waals surface area contributed by atoms with Gasteiger partial charge in [-0.3, -0.25) is 14.6 Å². The summed E-state index contributed by atoms with van der Waals surface area (Å²) in [6.45, 7) is 5.35. The third kappa shape index (κ3) is 5.56. The molecule has 0 saturated carbocycles. The molecule has 1 aromatic rings. The molecule has 0 atom stereocenters. The number of Topliss-reactive ketones (excluding diaryl/α,β-unsaturated/α-hetero) is 1. The highest BCUT2D eigenvalue weighted by molar-refractivity contribution is 5.81. The number of halogens is 3. The van der Waals surface area contributed by atoms with E-state index in [4.69, 9.17) is 0 Å². The number of ketones is 1. The zero-order valence-corrected chi connectivity index (χ0v) is 14.0. The molecule has 2 rings (SSSR count). The Morgan fingerprint density at radius 1 is 1.24 bits per heavy atom. The van der Waals surface area contributed by atoms with Gasteiger partial charge in [-0.05, 0) is 24.5 Å². The zero-order valence-electron chi connectivity index (χ0n) is 14.0. The molecule has 1 amide bonds. The van der Waals surface area contributed by atoms with Crippen LogP contribution in [0, 0.1) is 6.92 Å². The highest BCUT2D eigenvalue weighted by atomic mass is 19.4. The van der Waals surface area contributed by atoms with Crippen LogP contribution >= 0.6 is 0 Å². The molecule has 7 heteroatoms. The van der Waals surface area contributed by atoms with Gasteiger partial charge in [-0.15, -0.1) is 0 Å². The second-order valence-corrected chi connectivity index (χ2v) is 6.09. The van der Waals surface area contributed by atoms with E-state index < -0.39 is 11.7 Å². The van der Waals surface area contributed by atoms with Crippen molar-refractivity contribution in [3.05, 3.63) is 42.3 Å². The monoisotopic (exact) mass is 355 g/mol. The van der Waals surface area contributed by atoms with Gasteiger partial charge >= 0.3 is 6.18 Å². The number of hydrogen-bond donors (Lipinski definition) is 0. The molecule has 25 heavy (non-hydrogen) atoms. The van der Waals surface area contributed by atoms with Gasteiger partial charge in [0.2, 0.25) is 5.91 Å². The van der Waals surface area contributed by atoms with Crippen LogP contribution in [0.15, 0.2) is 24.3 Å². The van der Waals surface area contributed by atoms with Crippen LogP contribution in [0.4, 0.5) is 13.2 Å². The van der Waals surface area contributed by atoms with E-state index in [9.17, 15) is 22.8 Å². The predicted molar refractivity (Wildman–Crippen MR) is 87.3 cm³/mol. The third-order valence-electron chi connectivity index (χ3n) is 4.11. The van der Waals surface area contributed by atoms with E-state index in [2.05, 4.69) is 6.92 Å². The van der Waals surface area contributed by atoms with Crippen molar-refractivity contribution in [2.24, 2.45) is 0 Å². The van der Waals surface area contributed by atoms with E-state index in [1.807, 2.05) is 5.01 Å². The van der Waals surface area contributed by atoms with Crippen molar-refractivity contribution in [2.75, 3.05) is 19.6 Å². The van der Waals surface area contributed by atoms with Crippen LogP contribution < -0.4 is 0 Å². The fourth-order valence-corrected chi connectivity index (χ4v) is 2.90. The van der Waals surface area contributed by atoms with E-state index in [0.717, 1.165) is 18.6 Å². The summed E-state index contributed by atoms with van der Waals surface area (Å²) in [4.78, 5) is 24.1. The summed E-state index contributed by atoms with van der Waals surface area (Å²) in [7, 11) is 0. The minimum absolute atomic E-state index is 0.0280. The lowest BCUT2D eigenvalue weighted by atomic mass is 10.0. The lowest BCUT2D eigenvalue weighted by Gasteiger charge is -2.38. The maximum absolute atomic E-state index is 12.7. The lowest BCUT2D eigenvalue weighted by Crippen LogP contribution is -2.51. The van der Waals surface area contributed by atoms with Crippen LogP contribution in [-0.4, -0.2) is 41.3 Å². The van der Waals surface area contributed by atoms with Crippen LogP contribution in [0.1, 0.15) is 36.8 Å². The Morgan fingerprint density at radius 2 is 2.00 bits per heavy atom. The standard InChI is InChI=1S/C18H22F3N2O2/c1-2-9-23-17(25)7-4-10-22(23)11-8-16(24)13-14-5-3-6-15(12-14)18(19,20)21/h3,5-6,12H,1-2,4,7-11,13H2. The summed E-state index contributed by atoms with van der Waals surface area (Å²) in [5.74, 6) is -0.118. The average molecular weight is 355 g/mol. The van der Waals surface area contributed by atoms with Crippen LogP contribution in [0.2, 0.25) is 0 Å². The van der Waals surface area contributed by atoms with Crippen molar-refractivity contribution in [1.82, 2.24) is 10.0 Å². The summed E-state index contributed by atoms with van der Waals surface area (Å²) in [5.41, 5.74) is -0.398. The molecular weight excluding hydrogens is 333 g/mol.